The number of benzene rings is 2. The number of thioether (sulfide) groups is 1. The zero-order valence-electron chi connectivity index (χ0n) is 21.2. The average molecular weight is 548 g/mol. The molecule has 1 fully saturated rings. The summed E-state index contributed by atoms with van der Waals surface area (Å²) >= 11 is 1.55. The van der Waals surface area contributed by atoms with Crippen LogP contribution in [0.2, 0.25) is 0 Å². The van der Waals surface area contributed by atoms with Crippen LogP contribution in [0.5, 0.6) is 0 Å². The fourth-order valence-electron chi connectivity index (χ4n) is 4.36. The molecule has 1 aromatic heterocycles. The first-order valence-electron chi connectivity index (χ1n) is 12.3. The van der Waals surface area contributed by atoms with E-state index in [0.29, 0.717) is 5.69 Å². The van der Waals surface area contributed by atoms with Gasteiger partial charge in [0.1, 0.15) is 17.8 Å². The molecule has 3 atom stereocenters. The van der Waals surface area contributed by atoms with Gasteiger partial charge in [0.2, 0.25) is 11.8 Å². The van der Waals surface area contributed by atoms with Gasteiger partial charge in [-0.1, -0.05) is 36.4 Å². The van der Waals surface area contributed by atoms with Crippen molar-refractivity contribution in [2.45, 2.75) is 35.9 Å². The molecule has 1 aliphatic rings. The van der Waals surface area contributed by atoms with Crippen molar-refractivity contribution in [1.82, 2.24) is 25.5 Å². The molecule has 1 saturated heterocycles. The Bertz CT molecular complexity index is 1330. The number of carbonyl (C=O) groups is 4. The van der Waals surface area contributed by atoms with Gasteiger partial charge in [0.05, 0.1) is 12.2 Å². The second-order valence-corrected chi connectivity index (χ2v) is 9.86. The molecular formula is C27H29N7O4S. The molecule has 3 unspecified atom stereocenters. The third-order valence-electron chi connectivity index (χ3n) is 6.25. The summed E-state index contributed by atoms with van der Waals surface area (Å²) in [6.45, 7) is 0.0612. The van der Waals surface area contributed by atoms with Crippen molar-refractivity contribution in [2.24, 2.45) is 5.73 Å². The first kappa shape index (κ1) is 27.6. The van der Waals surface area contributed by atoms with Gasteiger partial charge in [0.15, 0.2) is 0 Å². The second kappa shape index (κ2) is 12.9. The Morgan fingerprint density at radius 1 is 1.10 bits per heavy atom. The first-order chi connectivity index (χ1) is 18.8. The summed E-state index contributed by atoms with van der Waals surface area (Å²) in [6.07, 6.45) is 6.40. The molecule has 2 aromatic carbocycles. The van der Waals surface area contributed by atoms with E-state index in [1.807, 2.05) is 54.8 Å². The minimum Gasteiger partial charge on any atom is -0.368 e. The van der Waals surface area contributed by atoms with E-state index < -0.39 is 41.9 Å². The standard InChI is InChI=1S/C27H29N7O4S/c1-39-20-9-5-8-18(13-20)31-27(38)32-19-14-23(34(16-19)26(37)22-15-29-10-11-30-22)25(36)33-21(24(28)35)12-17-6-3-2-4-7-17/h2-11,13,15,19,21,23H,12,14,16H2,1H3,(H2,28,35)(H,33,36)(H2,31,32,38). The number of primary amides is 1. The van der Waals surface area contributed by atoms with Crippen molar-refractivity contribution >= 4 is 41.2 Å². The van der Waals surface area contributed by atoms with Crippen LogP contribution in [0.15, 0.2) is 78.1 Å². The van der Waals surface area contributed by atoms with Crippen LogP contribution in [-0.2, 0) is 16.0 Å². The van der Waals surface area contributed by atoms with Crippen molar-refractivity contribution in [3.63, 3.8) is 0 Å². The Labute approximate surface area is 230 Å². The highest BCUT2D eigenvalue weighted by molar-refractivity contribution is 7.98. The highest BCUT2D eigenvalue weighted by Crippen LogP contribution is 2.22. The number of nitrogens with two attached hydrogens (primary N) is 1. The lowest BCUT2D eigenvalue weighted by atomic mass is 10.0. The molecule has 0 saturated carbocycles. The van der Waals surface area contributed by atoms with Crippen LogP contribution < -0.4 is 21.7 Å². The summed E-state index contributed by atoms with van der Waals surface area (Å²) in [5, 5.41) is 8.33. The fraction of sp³-hybridized carbons (Fsp3) is 0.259. The molecule has 5 N–H and O–H groups in total. The molecule has 2 heterocycles. The van der Waals surface area contributed by atoms with E-state index >= 15 is 0 Å². The topological polar surface area (TPSA) is 159 Å². The fourth-order valence-corrected chi connectivity index (χ4v) is 4.82. The van der Waals surface area contributed by atoms with Gasteiger partial charge in [-0.25, -0.2) is 9.78 Å². The van der Waals surface area contributed by atoms with Crippen LogP contribution >= 0.6 is 11.8 Å². The van der Waals surface area contributed by atoms with Crippen LogP contribution in [0, 0.1) is 0 Å². The van der Waals surface area contributed by atoms with Gasteiger partial charge in [0, 0.05) is 35.9 Å². The maximum Gasteiger partial charge on any atom is 0.319 e. The quantitative estimate of drug-likeness (QED) is 0.297. The third-order valence-corrected chi connectivity index (χ3v) is 6.98. The van der Waals surface area contributed by atoms with E-state index in [1.54, 1.807) is 17.8 Å². The molecule has 12 heteroatoms. The van der Waals surface area contributed by atoms with Gasteiger partial charge in [-0.2, -0.15) is 0 Å². The van der Waals surface area contributed by atoms with Gasteiger partial charge >= 0.3 is 6.03 Å². The highest BCUT2D eigenvalue weighted by atomic mass is 32.2. The number of nitrogens with one attached hydrogen (secondary N) is 3. The van der Waals surface area contributed by atoms with Crippen molar-refractivity contribution in [1.29, 1.82) is 0 Å². The van der Waals surface area contributed by atoms with E-state index in [4.69, 9.17) is 5.73 Å². The minimum absolute atomic E-state index is 0.0602. The highest BCUT2D eigenvalue weighted by Gasteiger charge is 2.41. The molecule has 4 rings (SSSR count). The van der Waals surface area contributed by atoms with Crippen molar-refractivity contribution < 1.29 is 19.2 Å². The minimum atomic E-state index is -0.979. The van der Waals surface area contributed by atoms with Crippen molar-refractivity contribution in [2.75, 3.05) is 18.1 Å². The number of carbonyl (C=O) groups excluding carboxylic acids is 4. The van der Waals surface area contributed by atoms with Crippen LogP contribution in [0.25, 0.3) is 0 Å². The predicted molar refractivity (Wildman–Crippen MR) is 147 cm³/mol. The number of aromatic nitrogens is 2. The summed E-state index contributed by atoms with van der Waals surface area (Å²) in [6, 6.07) is 13.6. The van der Waals surface area contributed by atoms with Gasteiger partial charge in [-0.3, -0.25) is 19.4 Å². The Morgan fingerprint density at radius 3 is 2.59 bits per heavy atom. The molecule has 11 nitrogen and oxygen atoms in total. The van der Waals surface area contributed by atoms with Gasteiger partial charge in [0.25, 0.3) is 5.91 Å². The molecule has 0 spiro atoms. The van der Waals surface area contributed by atoms with Crippen molar-refractivity contribution in [3.8, 4) is 0 Å². The maximum atomic E-state index is 13.4. The molecule has 0 aliphatic carbocycles. The third kappa shape index (κ3) is 7.32. The zero-order chi connectivity index (χ0) is 27.8. The lowest BCUT2D eigenvalue weighted by molar-refractivity contribution is -0.129. The summed E-state index contributed by atoms with van der Waals surface area (Å²) < 4.78 is 0. The Kier molecular flexibility index (Phi) is 9.10. The van der Waals surface area contributed by atoms with Gasteiger partial charge < -0.3 is 26.6 Å². The molecule has 0 bridgehead atoms. The largest absolute Gasteiger partial charge is 0.368 e. The van der Waals surface area contributed by atoms with Crippen LogP contribution in [0.1, 0.15) is 22.5 Å². The number of urea groups is 1. The number of rotatable bonds is 9. The van der Waals surface area contributed by atoms with E-state index in [2.05, 4.69) is 25.9 Å². The zero-order valence-corrected chi connectivity index (χ0v) is 22.1. The van der Waals surface area contributed by atoms with Crippen LogP contribution in [-0.4, -0.2) is 69.5 Å². The van der Waals surface area contributed by atoms with Gasteiger partial charge in [-0.05, 0) is 36.4 Å². The number of anilines is 1. The monoisotopic (exact) mass is 547 g/mol. The lowest BCUT2D eigenvalue weighted by Gasteiger charge is -2.25. The summed E-state index contributed by atoms with van der Waals surface area (Å²) in [5.74, 6) is -1.76. The molecule has 202 valence electrons. The molecule has 1 aliphatic heterocycles. The van der Waals surface area contributed by atoms with E-state index in [1.165, 1.54) is 23.5 Å². The summed E-state index contributed by atoms with van der Waals surface area (Å²) in [7, 11) is 0. The van der Waals surface area contributed by atoms with E-state index in [0.717, 1.165) is 10.5 Å². The van der Waals surface area contributed by atoms with Crippen molar-refractivity contribution in [3.05, 3.63) is 84.4 Å². The van der Waals surface area contributed by atoms with Crippen LogP contribution in [0.4, 0.5) is 10.5 Å². The maximum absolute atomic E-state index is 13.4. The Hall–Kier alpha value is -4.45. The normalized spacial score (nSPS) is 17.2. The lowest BCUT2D eigenvalue weighted by Crippen LogP contribution is -2.53. The number of nitrogens with zero attached hydrogens (tertiary/aromatic N) is 3. The second-order valence-electron chi connectivity index (χ2n) is 8.98. The van der Waals surface area contributed by atoms with E-state index in [9.17, 15) is 19.2 Å². The summed E-state index contributed by atoms with van der Waals surface area (Å²) in [4.78, 5) is 61.9. The molecule has 39 heavy (non-hydrogen) atoms. The van der Waals surface area contributed by atoms with Crippen LogP contribution in [0.3, 0.4) is 0 Å². The number of hydrogen-bond donors (Lipinski definition) is 4. The average Bonchev–Trinajstić information content (AvgIpc) is 3.37. The SMILES string of the molecule is CSc1cccc(NC(=O)NC2CC(C(=O)NC(Cc3ccccc3)C(N)=O)N(C(=O)c3cnccn3)C2)c1. The molecular weight excluding hydrogens is 518 g/mol. The number of likely N-dealkylation sites (tertiary alicyclic amines) is 1. The molecule has 0 radical (unpaired) electrons. The number of hydrogen-bond acceptors (Lipinski definition) is 7. The summed E-state index contributed by atoms with van der Waals surface area (Å²) in [5.41, 5.74) is 7.08. The predicted octanol–water partition coefficient (Wildman–Crippen LogP) is 1.82. The van der Waals surface area contributed by atoms with Gasteiger partial charge in [-0.15, -0.1) is 11.8 Å². The Balaban J connectivity index is 1.49. The molecule has 3 aromatic rings. The smallest absolute Gasteiger partial charge is 0.319 e. The number of amides is 5. The van der Waals surface area contributed by atoms with E-state index in [-0.39, 0.29) is 25.1 Å². The molecule has 5 amide bonds. The Morgan fingerprint density at radius 2 is 1.90 bits per heavy atom. The first-order valence-corrected chi connectivity index (χ1v) is 13.5.